The van der Waals surface area contributed by atoms with E-state index in [0.29, 0.717) is 6.54 Å². The van der Waals surface area contributed by atoms with Gasteiger partial charge in [0.15, 0.2) is 0 Å². The van der Waals surface area contributed by atoms with Gasteiger partial charge in [0.1, 0.15) is 11.6 Å². The number of nitrogens with one attached hydrogen (secondary N) is 1. The van der Waals surface area contributed by atoms with Gasteiger partial charge in [-0.1, -0.05) is 28.1 Å². The first kappa shape index (κ1) is 14.5. The topological polar surface area (TPSA) is 21.3 Å². The van der Waals surface area contributed by atoms with E-state index >= 15 is 0 Å². The van der Waals surface area contributed by atoms with Gasteiger partial charge >= 0.3 is 0 Å². The summed E-state index contributed by atoms with van der Waals surface area (Å²) in [5.41, 5.74) is 3.34. The molecule has 2 nitrogen and oxygen atoms in total. The summed E-state index contributed by atoms with van der Waals surface area (Å²) in [6.45, 7) is 3.48. The summed E-state index contributed by atoms with van der Waals surface area (Å²) in [6.07, 6.45) is 0.960. The van der Waals surface area contributed by atoms with Crippen LogP contribution in [0, 0.1) is 5.82 Å². The van der Waals surface area contributed by atoms with Crippen molar-refractivity contribution in [3.05, 3.63) is 63.4 Å². The molecule has 2 aromatic rings. The fourth-order valence-electron chi connectivity index (χ4n) is 2.63. The summed E-state index contributed by atoms with van der Waals surface area (Å²) in [7, 11) is 0. The van der Waals surface area contributed by atoms with Crippen LogP contribution in [0.4, 0.5) is 4.39 Å². The van der Waals surface area contributed by atoms with Gasteiger partial charge in [0.05, 0.1) is 6.61 Å². The minimum absolute atomic E-state index is 0.0803. The van der Waals surface area contributed by atoms with Gasteiger partial charge in [-0.3, -0.25) is 0 Å². The zero-order chi connectivity index (χ0) is 14.8. The normalized spacial score (nSPS) is 14.6. The number of rotatable bonds is 4. The van der Waals surface area contributed by atoms with Crippen LogP contribution >= 0.6 is 15.9 Å². The molecule has 0 fully saturated rings. The summed E-state index contributed by atoms with van der Waals surface area (Å²) in [6, 6.07) is 11.0. The van der Waals surface area contributed by atoms with E-state index in [1.54, 1.807) is 12.1 Å². The molecule has 110 valence electrons. The first-order valence-electron chi connectivity index (χ1n) is 7.06. The zero-order valence-electron chi connectivity index (χ0n) is 11.8. The van der Waals surface area contributed by atoms with Crippen LogP contribution < -0.4 is 10.1 Å². The zero-order valence-corrected chi connectivity index (χ0v) is 13.4. The Morgan fingerprint density at radius 1 is 1.33 bits per heavy atom. The number of benzene rings is 2. The van der Waals surface area contributed by atoms with Crippen molar-refractivity contribution < 1.29 is 9.13 Å². The van der Waals surface area contributed by atoms with Crippen molar-refractivity contribution in [2.24, 2.45) is 0 Å². The van der Waals surface area contributed by atoms with Crippen molar-refractivity contribution in [3.8, 4) is 5.75 Å². The van der Waals surface area contributed by atoms with Crippen molar-refractivity contribution in [3.63, 3.8) is 0 Å². The summed E-state index contributed by atoms with van der Waals surface area (Å²) >= 11 is 3.54. The molecule has 0 amide bonds. The molecule has 0 aliphatic carbocycles. The van der Waals surface area contributed by atoms with Gasteiger partial charge in [-0.2, -0.15) is 0 Å². The minimum atomic E-state index is -0.201. The van der Waals surface area contributed by atoms with Gasteiger partial charge in [0, 0.05) is 29.0 Å². The molecular weight excluding hydrogens is 333 g/mol. The molecule has 0 saturated heterocycles. The van der Waals surface area contributed by atoms with Crippen molar-refractivity contribution in [1.82, 2.24) is 5.32 Å². The molecule has 0 unspecified atom stereocenters. The van der Waals surface area contributed by atoms with Gasteiger partial charge in [-0.25, -0.2) is 4.39 Å². The highest BCUT2D eigenvalue weighted by molar-refractivity contribution is 9.10. The Hall–Kier alpha value is -1.39. The highest BCUT2D eigenvalue weighted by Gasteiger charge is 2.17. The van der Waals surface area contributed by atoms with Crippen LogP contribution in [-0.2, 0) is 13.0 Å². The SMILES string of the molecule is C[C@H](NCc1cc(Br)cc2c1OCC2)c1cccc(F)c1. The summed E-state index contributed by atoms with van der Waals surface area (Å²) in [4.78, 5) is 0. The number of hydrogen-bond acceptors (Lipinski definition) is 2. The van der Waals surface area contributed by atoms with E-state index in [1.807, 2.05) is 13.0 Å². The third-order valence-corrected chi connectivity index (χ3v) is 4.23. The second kappa shape index (κ2) is 6.16. The summed E-state index contributed by atoms with van der Waals surface area (Å²) in [5, 5.41) is 3.43. The predicted octanol–water partition coefficient (Wildman–Crippen LogP) is 4.37. The maximum absolute atomic E-state index is 13.3. The largest absolute Gasteiger partial charge is 0.493 e. The monoisotopic (exact) mass is 349 g/mol. The predicted molar refractivity (Wildman–Crippen MR) is 85.0 cm³/mol. The molecule has 0 spiro atoms. The molecule has 0 aromatic heterocycles. The molecule has 1 aliphatic rings. The Morgan fingerprint density at radius 3 is 3.00 bits per heavy atom. The Morgan fingerprint density at radius 2 is 2.19 bits per heavy atom. The Labute approximate surface area is 132 Å². The van der Waals surface area contributed by atoms with Gasteiger partial charge in [-0.05, 0) is 42.3 Å². The number of halogens is 2. The van der Waals surface area contributed by atoms with Gasteiger partial charge in [0.25, 0.3) is 0 Å². The number of ether oxygens (including phenoxy) is 1. The van der Waals surface area contributed by atoms with Gasteiger partial charge < -0.3 is 10.1 Å². The molecule has 0 radical (unpaired) electrons. The van der Waals surface area contributed by atoms with Crippen LogP contribution in [0.3, 0.4) is 0 Å². The molecule has 0 saturated carbocycles. The molecule has 3 rings (SSSR count). The maximum atomic E-state index is 13.3. The van der Waals surface area contributed by atoms with E-state index in [-0.39, 0.29) is 11.9 Å². The minimum Gasteiger partial charge on any atom is -0.493 e. The van der Waals surface area contributed by atoms with Crippen LogP contribution in [-0.4, -0.2) is 6.61 Å². The molecular formula is C17H17BrFNO. The fourth-order valence-corrected chi connectivity index (χ4v) is 3.19. The standard InChI is InChI=1S/C17H17BrFNO/c1-11(12-3-2-4-16(19)9-12)20-10-14-8-15(18)7-13-5-6-21-17(13)14/h2-4,7-9,11,20H,5-6,10H2,1H3/t11-/m0/s1. The Kier molecular flexibility index (Phi) is 4.27. The van der Waals surface area contributed by atoms with E-state index < -0.39 is 0 Å². The van der Waals surface area contributed by atoms with Gasteiger partial charge in [-0.15, -0.1) is 0 Å². The lowest BCUT2D eigenvalue weighted by molar-refractivity contribution is 0.351. The van der Waals surface area contributed by atoms with Crippen molar-refractivity contribution in [2.75, 3.05) is 6.61 Å². The van der Waals surface area contributed by atoms with Crippen LogP contribution in [0.15, 0.2) is 40.9 Å². The second-order valence-electron chi connectivity index (χ2n) is 5.31. The molecule has 1 atom stereocenters. The van der Waals surface area contributed by atoms with Crippen LogP contribution in [0.2, 0.25) is 0 Å². The first-order chi connectivity index (χ1) is 10.1. The quantitative estimate of drug-likeness (QED) is 0.884. The third kappa shape index (κ3) is 3.27. The average molecular weight is 350 g/mol. The molecule has 1 aliphatic heterocycles. The van der Waals surface area contributed by atoms with Crippen LogP contribution in [0.5, 0.6) is 5.75 Å². The van der Waals surface area contributed by atoms with E-state index in [1.165, 1.54) is 11.6 Å². The molecule has 1 heterocycles. The summed E-state index contributed by atoms with van der Waals surface area (Å²) in [5.74, 6) is 0.796. The lowest BCUT2D eigenvalue weighted by Crippen LogP contribution is -2.18. The second-order valence-corrected chi connectivity index (χ2v) is 6.22. The molecule has 1 N–H and O–H groups in total. The molecule has 21 heavy (non-hydrogen) atoms. The lowest BCUT2D eigenvalue weighted by atomic mass is 10.1. The van der Waals surface area contributed by atoms with E-state index in [2.05, 4.69) is 33.4 Å². The van der Waals surface area contributed by atoms with E-state index in [0.717, 1.165) is 34.4 Å². The van der Waals surface area contributed by atoms with Crippen LogP contribution in [0.1, 0.15) is 29.7 Å². The third-order valence-electron chi connectivity index (χ3n) is 3.77. The lowest BCUT2D eigenvalue weighted by Gasteiger charge is -2.16. The van der Waals surface area contributed by atoms with Crippen molar-refractivity contribution in [2.45, 2.75) is 25.9 Å². The molecule has 4 heteroatoms. The van der Waals surface area contributed by atoms with Crippen LogP contribution in [0.25, 0.3) is 0 Å². The Balaban J connectivity index is 1.73. The fraction of sp³-hybridized carbons (Fsp3) is 0.294. The van der Waals surface area contributed by atoms with E-state index in [4.69, 9.17) is 4.74 Å². The van der Waals surface area contributed by atoms with Crippen molar-refractivity contribution in [1.29, 1.82) is 0 Å². The molecule has 0 bridgehead atoms. The summed E-state index contributed by atoms with van der Waals surface area (Å²) < 4.78 is 20.1. The van der Waals surface area contributed by atoms with Crippen molar-refractivity contribution >= 4 is 15.9 Å². The average Bonchev–Trinajstić information content (AvgIpc) is 2.92. The smallest absolute Gasteiger partial charge is 0.127 e. The number of hydrogen-bond donors (Lipinski definition) is 1. The highest BCUT2D eigenvalue weighted by atomic mass is 79.9. The maximum Gasteiger partial charge on any atom is 0.127 e. The van der Waals surface area contributed by atoms with Gasteiger partial charge in [0.2, 0.25) is 0 Å². The van der Waals surface area contributed by atoms with E-state index in [9.17, 15) is 4.39 Å². The highest BCUT2D eigenvalue weighted by Crippen LogP contribution is 2.33. The first-order valence-corrected chi connectivity index (χ1v) is 7.86. The Bertz CT molecular complexity index is 659. The number of fused-ring (bicyclic) bond motifs is 1. The molecule has 2 aromatic carbocycles.